The van der Waals surface area contributed by atoms with Gasteiger partial charge in [0.25, 0.3) is 11.8 Å². The summed E-state index contributed by atoms with van der Waals surface area (Å²) in [7, 11) is 3.32. The minimum Gasteiger partial charge on any atom is -0.464 e. The van der Waals surface area contributed by atoms with Gasteiger partial charge in [-0.1, -0.05) is 33.6 Å². The number of likely N-dealkylation sites (tertiary alicyclic amines) is 2. The van der Waals surface area contributed by atoms with Gasteiger partial charge < -0.3 is 38.8 Å². The highest BCUT2D eigenvalue weighted by molar-refractivity contribution is 5.96. The second-order valence-corrected chi connectivity index (χ2v) is 22.9. The Hall–Kier alpha value is -5.54. The van der Waals surface area contributed by atoms with Crippen molar-refractivity contribution in [1.29, 1.82) is 0 Å². The Kier molecular flexibility index (Phi) is 16.0. The van der Waals surface area contributed by atoms with E-state index in [1.807, 2.05) is 47.6 Å². The van der Waals surface area contributed by atoms with Crippen LogP contribution in [-0.4, -0.2) is 161 Å². The van der Waals surface area contributed by atoms with Crippen LogP contribution in [0.5, 0.6) is 0 Å². The molecule has 6 bridgehead atoms. The van der Waals surface area contributed by atoms with Crippen molar-refractivity contribution in [3.63, 3.8) is 0 Å². The topological polar surface area (TPSA) is 171 Å². The van der Waals surface area contributed by atoms with Crippen LogP contribution in [0.3, 0.4) is 0 Å². The standard InChI is InChI=1S/C56H79N9O8/c1-12-64-45-19-18-39-30-41(45)42(49(64)40-16-13-23-57-47(40)37(4)71-11)31-54(5,6)35-72-53(70)43-17-14-26-65(59-43)52(69)44(32-56(9)34-62(39)28-29-73-56)58-50(67)48(36(2)3)60(10)51(68)38-21-27-61(33-38)46(66)20-22-55(7,8)63-24-15-25-63/h13,16,18-19,23,30,36-38,43-44,48,59H,12,14-15,17,21,24-29,31-35H2,1-11H3,(H,58,67)/t37-,38-,43-,44-,48?,56-/m0/s1. The number of aryl methyl sites for hydroxylation is 1. The van der Waals surface area contributed by atoms with E-state index in [0.717, 1.165) is 58.6 Å². The van der Waals surface area contributed by atoms with Gasteiger partial charge in [0, 0.05) is 107 Å². The molecule has 6 atom stereocenters. The van der Waals surface area contributed by atoms with Crippen LogP contribution < -0.4 is 15.6 Å². The third-order valence-electron chi connectivity index (χ3n) is 15.9. The van der Waals surface area contributed by atoms with Gasteiger partial charge in [-0.25, -0.2) is 5.43 Å². The highest BCUT2D eigenvalue weighted by Crippen LogP contribution is 2.42. The Morgan fingerprint density at radius 3 is 2.51 bits per heavy atom. The number of likely N-dealkylation sites (N-methyl/N-ethyl adjacent to an activating group) is 1. The Balaban J connectivity index is 1.09. The zero-order chi connectivity index (χ0) is 52.6. The lowest BCUT2D eigenvalue weighted by Gasteiger charge is -2.44. The number of anilines is 1. The number of morpholine rings is 1. The van der Waals surface area contributed by atoms with Crippen LogP contribution in [0.2, 0.25) is 0 Å². The number of amides is 4. The number of nitrogens with one attached hydrogen (secondary N) is 2. The number of pyridine rings is 1. The van der Waals surface area contributed by atoms with Crippen molar-refractivity contribution in [3.05, 3.63) is 47.8 Å². The lowest BCUT2D eigenvalue weighted by atomic mass is 9.84. The molecule has 2 N–H and O–H groups in total. The normalized spacial score (nSPS) is 24.8. The summed E-state index contributed by atoms with van der Waals surface area (Å²) in [4.78, 5) is 83.9. The van der Waals surface area contributed by atoms with E-state index in [-0.39, 0.29) is 43.4 Å². The lowest BCUT2D eigenvalue weighted by molar-refractivity contribution is -0.156. The van der Waals surface area contributed by atoms with Crippen LogP contribution in [0.4, 0.5) is 5.69 Å². The van der Waals surface area contributed by atoms with Gasteiger partial charge in [0.05, 0.1) is 47.8 Å². The number of hydrogen-bond acceptors (Lipinski definition) is 12. The summed E-state index contributed by atoms with van der Waals surface area (Å²) in [5, 5.41) is 5.64. The molecule has 5 aliphatic heterocycles. The smallest absolute Gasteiger partial charge is 0.324 e. The first-order valence-electron chi connectivity index (χ1n) is 26.5. The van der Waals surface area contributed by atoms with Crippen LogP contribution in [0.1, 0.15) is 112 Å². The molecule has 1 unspecified atom stereocenters. The molecule has 0 aliphatic carbocycles. The number of carbonyl (C=O) groups excluding carboxylic acids is 5. The van der Waals surface area contributed by atoms with E-state index in [4.69, 9.17) is 19.2 Å². The Labute approximate surface area is 431 Å². The second kappa shape index (κ2) is 21.7. The minimum atomic E-state index is -1.10. The van der Waals surface area contributed by atoms with E-state index in [9.17, 15) is 24.0 Å². The summed E-state index contributed by atoms with van der Waals surface area (Å²) in [6, 6.07) is 7.81. The lowest BCUT2D eigenvalue weighted by Crippen LogP contribution is -2.64. The number of nitrogens with zero attached hydrogens (tertiary/aromatic N) is 7. The fourth-order valence-corrected chi connectivity index (χ4v) is 11.6. The minimum absolute atomic E-state index is 0.110. The Morgan fingerprint density at radius 1 is 1.04 bits per heavy atom. The third-order valence-corrected chi connectivity index (χ3v) is 15.9. The van der Waals surface area contributed by atoms with Crippen LogP contribution in [0.15, 0.2) is 36.5 Å². The van der Waals surface area contributed by atoms with Gasteiger partial charge >= 0.3 is 5.97 Å². The highest BCUT2D eigenvalue weighted by atomic mass is 16.5. The maximum absolute atomic E-state index is 15.0. The largest absolute Gasteiger partial charge is 0.464 e. The summed E-state index contributed by atoms with van der Waals surface area (Å²) < 4.78 is 21.0. The number of aromatic nitrogens is 2. The molecule has 4 saturated heterocycles. The molecule has 73 heavy (non-hydrogen) atoms. The predicted octanol–water partition coefficient (Wildman–Crippen LogP) is 5.34. The molecule has 2 aromatic heterocycles. The summed E-state index contributed by atoms with van der Waals surface area (Å²) in [6.07, 6.45) is 4.81. The molecule has 4 amide bonds. The Bertz CT molecular complexity index is 2630. The van der Waals surface area contributed by atoms with Crippen LogP contribution in [-0.2, 0) is 51.1 Å². The molecule has 17 heteroatoms. The monoisotopic (exact) mass is 1010 g/mol. The SMILES string of the molecule is CCn1c(-c2cccnc2[C@H](C)OC)c2c3cc(ccc31)N1CCO[C@@](C)(C[C@H](NC(=O)C(C(C)C)N(C)C(=O)[C@H]3CCN(C(=O)C#CC(C)(C)N4CCC4)C3)C(=O)N3CCC[C@H](N3)C(=O)OCC(C)(C)C2)C1. The first-order chi connectivity index (χ1) is 34.6. The summed E-state index contributed by atoms with van der Waals surface area (Å²) in [6.45, 7) is 23.2. The van der Waals surface area contributed by atoms with E-state index in [1.54, 1.807) is 25.3 Å². The number of benzene rings is 1. The summed E-state index contributed by atoms with van der Waals surface area (Å²) >= 11 is 0. The highest BCUT2D eigenvalue weighted by Gasteiger charge is 2.44. The van der Waals surface area contributed by atoms with Crippen molar-refractivity contribution in [1.82, 2.24) is 40.0 Å². The zero-order valence-electron chi connectivity index (χ0n) is 45.1. The average Bonchev–Trinajstić information content (AvgIpc) is 3.96. The number of esters is 1. The van der Waals surface area contributed by atoms with Gasteiger partial charge in [-0.05, 0) is 114 Å². The Morgan fingerprint density at radius 2 is 1.81 bits per heavy atom. The van der Waals surface area contributed by atoms with E-state index in [1.165, 1.54) is 9.91 Å². The molecular formula is C56H79N9O8. The van der Waals surface area contributed by atoms with E-state index >= 15 is 0 Å². The van der Waals surface area contributed by atoms with Gasteiger partial charge in [-0.15, -0.1) is 0 Å². The number of hydrogen-bond donors (Lipinski definition) is 2. The van der Waals surface area contributed by atoms with E-state index in [0.29, 0.717) is 65.0 Å². The van der Waals surface area contributed by atoms with E-state index in [2.05, 4.69) is 82.0 Å². The number of carbonyl (C=O) groups is 5. The molecule has 5 aliphatic rings. The first kappa shape index (κ1) is 53.7. The van der Waals surface area contributed by atoms with Crippen LogP contribution in [0, 0.1) is 29.1 Å². The van der Waals surface area contributed by atoms with Crippen molar-refractivity contribution in [3.8, 4) is 23.1 Å². The maximum Gasteiger partial charge on any atom is 0.324 e. The third kappa shape index (κ3) is 11.4. The maximum atomic E-state index is 15.0. The number of fused-ring (bicyclic) bond motifs is 6. The quantitative estimate of drug-likeness (QED) is 0.198. The van der Waals surface area contributed by atoms with Crippen molar-refractivity contribution >= 4 is 46.2 Å². The number of rotatable bonds is 10. The van der Waals surface area contributed by atoms with Crippen LogP contribution in [0.25, 0.3) is 22.2 Å². The van der Waals surface area contributed by atoms with Gasteiger partial charge in [0.2, 0.25) is 11.8 Å². The average molecular weight is 1010 g/mol. The van der Waals surface area contributed by atoms with Crippen molar-refractivity contribution in [2.45, 2.75) is 143 Å². The molecular weight excluding hydrogens is 927 g/mol. The van der Waals surface area contributed by atoms with Gasteiger partial charge in [0.15, 0.2) is 0 Å². The fraction of sp³-hybridized carbons (Fsp3) is 0.643. The molecule has 0 saturated carbocycles. The molecule has 0 spiro atoms. The molecule has 1 aromatic carbocycles. The summed E-state index contributed by atoms with van der Waals surface area (Å²) in [5.41, 5.74) is 7.41. The van der Waals surface area contributed by atoms with Crippen molar-refractivity contribution < 1.29 is 38.2 Å². The summed E-state index contributed by atoms with van der Waals surface area (Å²) in [5.74, 6) is 3.24. The van der Waals surface area contributed by atoms with Gasteiger partial charge in [-0.2, -0.15) is 0 Å². The molecule has 17 nitrogen and oxygen atoms in total. The first-order valence-corrected chi connectivity index (χ1v) is 26.5. The number of methoxy groups -OCH3 is 1. The molecule has 3 aromatic rings. The predicted molar refractivity (Wildman–Crippen MR) is 280 cm³/mol. The van der Waals surface area contributed by atoms with Crippen molar-refractivity contribution in [2.75, 3.05) is 78.1 Å². The van der Waals surface area contributed by atoms with Crippen molar-refractivity contribution in [2.24, 2.45) is 17.3 Å². The number of cyclic esters (lactones) is 1. The fourth-order valence-electron chi connectivity index (χ4n) is 11.6. The van der Waals surface area contributed by atoms with Crippen LogP contribution >= 0.6 is 0 Å². The zero-order valence-corrected chi connectivity index (χ0v) is 45.1. The van der Waals surface area contributed by atoms with E-state index < -0.39 is 58.4 Å². The second-order valence-electron chi connectivity index (χ2n) is 22.9. The molecule has 396 valence electrons. The molecule has 4 fully saturated rings. The van der Waals surface area contributed by atoms with Gasteiger partial charge in [0.1, 0.15) is 18.1 Å². The number of ether oxygens (including phenoxy) is 3. The molecule has 0 radical (unpaired) electrons. The molecule has 8 rings (SSSR count). The number of hydrazine groups is 1. The van der Waals surface area contributed by atoms with Gasteiger partial charge in [-0.3, -0.25) is 38.9 Å². The molecule has 7 heterocycles.